The summed E-state index contributed by atoms with van der Waals surface area (Å²) in [6, 6.07) is 5.85. The summed E-state index contributed by atoms with van der Waals surface area (Å²) in [5.41, 5.74) is 1.08. The molecule has 0 radical (unpaired) electrons. The van der Waals surface area contributed by atoms with Crippen LogP contribution in [0.4, 0.5) is 0 Å². The second-order valence-electron chi connectivity index (χ2n) is 5.83. The molecule has 1 aromatic heterocycles. The Morgan fingerprint density at radius 2 is 2.12 bits per heavy atom. The first-order chi connectivity index (χ1) is 12.6. The van der Waals surface area contributed by atoms with Crippen LogP contribution in [0.1, 0.15) is 22.4 Å². The number of nitrogens with one attached hydrogen (secondary N) is 1. The number of aryl methyl sites for hydroxylation is 1. The van der Waals surface area contributed by atoms with Crippen LogP contribution < -0.4 is 14.8 Å². The fourth-order valence-electron chi connectivity index (χ4n) is 2.61. The van der Waals surface area contributed by atoms with Crippen molar-refractivity contribution in [3.05, 3.63) is 39.8 Å². The van der Waals surface area contributed by atoms with Gasteiger partial charge in [0.15, 0.2) is 5.96 Å². The number of hydrogen-bond donors (Lipinski definition) is 1. The van der Waals surface area contributed by atoms with Gasteiger partial charge >= 0.3 is 0 Å². The number of benzene rings is 1. The maximum atomic E-state index is 5.48. The van der Waals surface area contributed by atoms with Crippen LogP contribution in [-0.4, -0.2) is 50.7 Å². The summed E-state index contributed by atoms with van der Waals surface area (Å²) in [5.74, 6) is 2.43. The van der Waals surface area contributed by atoms with Crippen LogP contribution in [0.15, 0.2) is 29.4 Å². The van der Waals surface area contributed by atoms with Crippen molar-refractivity contribution in [2.45, 2.75) is 26.3 Å². The van der Waals surface area contributed by atoms with Crippen LogP contribution in [0.5, 0.6) is 11.5 Å². The van der Waals surface area contributed by atoms with Gasteiger partial charge in [-0.2, -0.15) is 0 Å². The molecule has 142 valence electrons. The topological polar surface area (TPSA) is 59.0 Å². The number of guanidine groups is 1. The number of thiazole rings is 1. The van der Waals surface area contributed by atoms with Crippen molar-refractivity contribution in [2.75, 3.05) is 34.9 Å². The second-order valence-corrected chi connectivity index (χ2v) is 7.03. The van der Waals surface area contributed by atoms with E-state index in [0.29, 0.717) is 6.54 Å². The van der Waals surface area contributed by atoms with Crippen molar-refractivity contribution in [2.24, 2.45) is 4.99 Å². The smallest absolute Gasteiger partial charge is 0.193 e. The molecule has 0 fully saturated rings. The van der Waals surface area contributed by atoms with Gasteiger partial charge in [-0.1, -0.05) is 6.92 Å². The number of rotatable bonds is 8. The van der Waals surface area contributed by atoms with Crippen LogP contribution >= 0.6 is 11.3 Å². The molecule has 0 aliphatic rings. The van der Waals surface area contributed by atoms with Crippen molar-refractivity contribution in [1.29, 1.82) is 0 Å². The maximum Gasteiger partial charge on any atom is 0.193 e. The van der Waals surface area contributed by atoms with E-state index in [0.717, 1.165) is 47.4 Å². The van der Waals surface area contributed by atoms with Crippen molar-refractivity contribution in [3.8, 4) is 11.5 Å². The summed E-state index contributed by atoms with van der Waals surface area (Å²) in [6.45, 7) is 3.64. The van der Waals surface area contributed by atoms with Gasteiger partial charge in [0.1, 0.15) is 11.5 Å². The summed E-state index contributed by atoms with van der Waals surface area (Å²) in [4.78, 5) is 12.2. The van der Waals surface area contributed by atoms with Gasteiger partial charge < -0.3 is 19.7 Å². The molecule has 0 bridgehead atoms. The Kier molecular flexibility index (Phi) is 7.72. The minimum absolute atomic E-state index is 0.685. The van der Waals surface area contributed by atoms with Crippen LogP contribution in [-0.2, 0) is 19.4 Å². The Morgan fingerprint density at radius 3 is 2.73 bits per heavy atom. The predicted octanol–water partition coefficient (Wildman–Crippen LogP) is 2.97. The average molecular weight is 377 g/mol. The monoisotopic (exact) mass is 376 g/mol. The van der Waals surface area contributed by atoms with Crippen LogP contribution in [0.25, 0.3) is 0 Å². The lowest BCUT2D eigenvalue weighted by atomic mass is 10.2. The molecule has 26 heavy (non-hydrogen) atoms. The largest absolute Gasteiger partial charge is 0.497 e. The number of methoxy groups -OCH3 is 2. The van der Waals surface area contributed by atoms with Crippen LogP contribution in [0.2, 0.25) is 0 Å². The molecule has 1 N–H and O–H groups in total. The molecule has 0 aliphatic heterocycles. The highest BCUT2D eigenvalue weighted by Crippen LogP contribution is 2.25. The van der Waals surface area contributed by atoms with Gasteiger partial charge in [0, 0.05) is 56.3 Å². The zero-order chi connectivity index (χ0) is 18.9. The SMILES string of the molecule is CCc1cnc(CCNC(=NC)N(C)Cc2ccc(OC)cc2OC)s1. The molecule has 1 heterocycles. The van der Waals surface area contributed by atoms with Gasteiger partial charge in [0.2, 0.25) is 0 Å². The number of nitrogens with zero attached hydrogens (tertiary/aromatic N) is 3. The molecule has 0 unspecified atom stereocenters. The van der Waals surface area contributed by atoms with E-state index in [2.05, 4.69) is 27.1 Å². The molecule has 1 aromatic carbocycles. The molecule has 7 heteroatoms. The van der Waals surface area contributed by atoms with Crippen molar-refractivity contribution < 1.29 is 9.47 Å². The molecule has 2 rings (SSSR count). The highest BCUT2D eigenvalue weighted by atomic mass is 32.1. The van der Waals surface area contributed by atoms with Gasteiger partial charge in [-0.25, -0.2) is 4.98 Å². The molecular formula is C19H28N4O2S. The maximum absolute atomic E-state index is 5.48. The first-order valence-corrected chi connectivity index (χ1v) is 9.49. The van der Waals surface area contributed by atoms with Gasteiger partial charge in [-0.3, -0.25) is 4.99 Å². The van der Waals surface area contributed by atoms with E-state index in [1.165, 1.54) is 4.88 Å². The highest BCUT2D eigenvalue weighted by Gasteiger charge is 2.11. The van der Waals surface area contributed by atoms with Crippen molar-refractivity contribution in [1.82, 2.24) is 15.2 Å². The van der Waals surface area contributed by atoms with Crippen molar-refractivity contribution >= 4 is 17.3 Å². The molecule has 6 nitrogen and oxygen atoms in total. The Bertz CT molecular complexity index is 730. The highest BCUT2D eigenvalue weighted by molar-refractivity contribution is 7.11. The molecule has 0 amide bonds. The fourth-order valence-corrected chi connectivity index (χ4v) is 3.47. The Labute approximate surface area is 159 Å². The molecule has 0 atom stereocenters. The van der Waals surface area contributed by atoms with E-state index >= 15 is 0 Å². The molecule has 0 spiro atoms. The standard InChI is InChI=1S/C19H28N4O2S/c1-6-16-12-22-18(26-16)9-10-21-19(20-2)23(3)13-14-7-8-15(24-4)11-17(14)25-5/h7-8,11-12H,6,9-10,13H2,1-5H3,(H,20,21). The lowest BCUT2D eigenvalue weighted by molar-refractivity contribution is 0.382. The zero-order valence-corrected chi connectivity index (χ0v) is 17.0. The molecular weight excluding hydrogens is 348 g/mol. The summed E-state index contributed by atoms with van der Waals surface area (Å²) in [6.07, 6.45) is 3.90. The van der Waals surface area contributed by atoms with Crippen LogP contribution in [0, 0.1) is 0 Å². The molecule has 0 aliphatic carbocycles. The Morgan fingerprint density at radius 1 is 1.31 bits per heavy atom. The third-order valence-electron chi connectivity index (χ3n) is 4.05. The fraction of sp³-hybridized carbons (Fsp3) is 0.474. The van der Waals surface area contributed by atoms with Gasteiger partial charge in [0.25, 0.3) is 0 Å². The number of ether oxygens (including phenoxy) is 2. The second kappa shape index (κ2) is 10.0. The molecule has 0 saturated carbocycles. The van der Waals surface area contributed by atoms with E-state index in [9.17, 15) is 0 Å². The average Bonchev–Trinajstić information content (AvgIpc) is 3.13. The third-order valence-corrected chi connectivity index (χ3v) is 5.25. The number of hydrogen-bond acceptors (Lipinski definition) is 5. The van der Waals surface area contributed by atoms with Gasteiger partial charge in [0.05, 0.1) is 19.2 Å². The molecule has 0 saturated heterocycles. The lowest BCUT2D eigenvalue weighted by Gasteiger charge is -2.23. The predicted molar refractivity (Wildman–Crippen MR) is 108 cm³/mol. The summed E-state index contributed by atoms with van der Waals surface area (Å²) in [5, 5.41) is 4.56. The first-order valence-electron chi connectivity index (χ1n) is 8.67. The lowest BCUT2D eigenvalue weighted by Crippen LogP contribution is -2.39. The minimum Gasteiger partial charge on any atom is -0.497 e. The first kappa shape index (κ1) is 20.0. The molecule has 2 aromatic rings. The summed E-state index contributed by atoms with van der Waals surface area (Å²) in [7, 11) is 7.13. The minimum atomic E-state index is 0.685. The number of aromatic nitrogens is 1. The number of aliphatic imine (C=N–C) groups is 1. The Hall–Kier alpha value is -2.28. The van der Waals surface area contributed by atoms with Gasteiger partial charge in [-0.15, -0.1) is 11.3 Å². The van der Waals surface area contributed by atoms with E-state index in [1.54, 1.807) is 32.6 Å². The van der Waals surface area contributed by atoms with E-state index < -0.39 is 0 Å². The normalized spacial score (nSPS) is 11.3. The van der Waals surface area contributed by atoms with Gasteiger partial charge in [-0.05, 0) is 18.6 Å². The summed E-state index contributed by atoms with van der Waals surface area (Å²) >= 11 is 1.78. The van der Waals surface area contributed by atoms with E-state index in [4.69, 9.17) is 9.47 Å². The van der Waals surface area contributed by atoms with Crippen molar-refractivity contribution in [3.63, 3.8) is 0 Å². The summed E-state index contributed by atoms with van der Waals surface area (Å²) < 4.78 is 10.7. The Balaban J connectivity index is 1.92. The third kappa shape index (κ3) is 5.36. The van der Waals surface area contributed by atoms with E-state index in [1.807, 2.05) is 31.4 Å². The quantitative estimate of drug-likeness (QED) is 0.567. The van der Waals surface area contributed by atoms with E-state index in [-0.39, 0.29) is 0 Å². The van der Waals surface area contributed by atoms with Crippen LogP contribution in [0.3, 0.4) is 0 Å². The zero-order valence-electron chi connectivity index (χ0n) is 16.2.